The molecule has 2 rings (SSSR count). The quantitative estimate of drug-likeness (QED) is 0.551. The SMILES string of the molecule is CCCCCCCC(=O)C1CCCC=C1c1ccccc1. The molecule has 1 unspecified atom stereocenters. The number of carbonyl (C=O) groups is 1. The van der Waals surface area contributed by atoms with E-state index < -0.39 is 0 Å². The summed E-state index contributed by atoms with van der Waals surface area (Å²) < 4.78 is 0. The van der Waals surface area contributed by atoms with E-state index >= 15 is 0 Å². The van der Waals surface area contributed by atoms with Gasteiger partial charge in [-0.1, -0.05) is 69.0 Å². The van der Waals surface area contributed by atoms with Gasteiger partial charge in [0.25, 0.3) is 0 Å². The molecule has 0 amide bonds. The Morgan fingerprint density at radius 1 is 1.10 bits per heavy atom. The Kier molecular flexibility index (Phi) is 6.72. The lowest BCUT2D eigenvalue weighted by atomic mass is 9.80. The predicted octanol–water partition coefficient (Wildman–Crippen LogP) is 5.80. The molecular weight excluding hydrogens is 256 g/mol. The van der Waals surface area contributed by atoms with Crippen LogP contribution in [0.25, 0.3) is 5.57 Å². The lowest BCUT2D eigenvalue weighted by Gasteiger charge is -2.23. The second-order valence-electron chi connectivity index (χ2n) is 6.14. The molecule has 1 aliphatic rings. The van der Waals surface area contributed by atoms with Crippen LogP contribution in [0.3, 0.4) is 0 Å². The number of Topliss-reactive ketones (excluding diaryl/α,β-unsaturated/α-hetero) is 1. The van der Waals surface area contributed by atoms with E-state index in [1.807, 2.05) is 6.07 Å². The molecule has 0 saturated heterocycles. The molecule has 0 aliphatic heterocycles. The molecule has 114 valence electrons. The summed E-state index contributed by atoms with van der Waals surface area (Å²) in [6.45, 7) is 2.23. The van der Waals surface area contributed by atoms with Crippen LogP contribution in [0.2, 0.25) is 0 Å². The molecule has 1 aromatic rings. The molecule has 0 radical (unpaired) electrons. The van der Waals surface area contributed by atoms with Crippen molar-refractivity contribution in [3.63, 3.8) is 0 Å². The minimum absolute atomic E-state index is 0.146. The summed E-state index contributed by atoms with van der Waals surface area (Å²) >= 11 is 0. The van der Waals surface area contributed by atoms with Gasteiger partial charge in [0.05, 0.1) is 0 Å². The highest BCUT2D eigenvalue weighted by Gasteiger charge is 2.25. The van der Waals surface area contributed by atoms with Gasteiger partial charge in [0.1, 0.15) is 5.78 Å². The second-order valence-corrected chi connectivity index (χ2v) is 6.14. The van der Waals surface area contributed by atoms with Crippen molar-refractivity contribution in [3.8, 4) is 0 Å². The standard InChI is InChI=1S/C20H28O/c1-2-3-4-5-9-16-20(21)19-15-11-10-14-18(19)17-12-7-6-8-13-17/h6-8,12-14,19H,2-5,9-11,15-16H2,1H3. The Morgan fingerprint density at radius 3 is 2.62 bits per heavy atom. The lowest BCUT2D eigenvalue weighted by Crippen LogP contribution is -2.18. The summed E-state index contributed by atoms with van der Waals surface area (Å²) in [5, 5.41) is 0. The Balaban J connectivity index is 1.92. The van der Waals surface area contributed by atoms with Crippen LogP contribution < -0.4 is 0 Å². The lowest BCUT2D eigenvalue weighted by molar-refractivity contribution is -0.121. The van der Waals surface area contributed by atoms with Gasteiger partial charge in [0.2, 0.25) is 0 Å². The first-order valence-corrected chi connectivity index (χ1v) is 8.61. The maximum Gasteiger partial charge on any atom is 0.140 e. The molecule has 0 saturated carbocycles. The Labute approximate surface area is 129 Å². The zero-order valence-corrected chi connectivity index (χ0v) is 13.3. The highest BCUT2D eigenvalue weighted by molar-refractivity contribution is 5.93. The van der Waals surface area contributed by atoms with Gasteiger partial charge in [-0.3, -0.25) is 4.79 Å². The van der Waals surface area contributed by atoms with Crippen LogP contribution in [-0.4, -0.2) is 5.78 Å². The predicted molar refractivity (Wildman–Crippen MR) is 90.1 cm³/mol. The third kappa shape index (κ3) is 4.84. The van der Waals surface area contributed by atoms with Crippen LogP contribution in [0.4, 0.5) is 0 Å². The van der Waals surface area contributed by atoms with Gasteiger partial charge in [-0.2, -0.15) is 0 Å². The van der Waals surface area contributed by atoms with Gasteiger partial charge in [-0.25, -0.2) is 0 Å². The zero-order valence-electron chi connectivity index (χ0n) is 13.3. The molecule has 1 atom stereocenters. The van der Waals surface area contributed by atoms with E-state index in [1.54, 1.807) is 0 Å². The van der Waals surface area contributed by atoms with Gasteiger partial charge >= 0.3 is 0 Å². The van der Waals surface area contributed by atoms with Gasteiger partial charge in [-0.05, 0) is 36.8 Å². The smallest absolute Gasteiger partial charge is 0.140 e. The zero-order chi connectivity index (χ0) is 14.9. The first-order valence-electron chi connectivity index (χ1n) is 8.61. The van der Waals surface area contributed by atoms with E-state index in [2.05, 4.69) is 37.3 Å². The summed E-state index contributed by atoms with van der Waals surface area (Å²) in [5.74, 6) is 0.605. The van der Waals surface area contributed by atoms with Gasteiger partial charge in [0.15, 0.2) is 0 Å². The van der Waals surface area contributed by atoms with Crippen LogP contribution >= 0.6 is 0 Å². The first-order chi connectivity index (χ1) is 10.3. The van der Waals surface area contributed by atoms with Crippen LogP contribution in [-0.2, 0) is 4.79 Å². The normalized spacial score (nSPS) is 18.3. The molecule has 1 heteroatoms. The van der Waals surface area contributed by atoms with Gasteiger partial charge < -0.3 is 0 Å². The summed E-state index contributed by atoms with van der Waals surface area (Å²) in [6.07, 6.45) is 12.5. The fraction of sp³-hybridized carbons (Fsp3) is 0.550. The van der Waals surface area contributed by atoms with Crippen molar-refractivity contribution in [3.05, 3.63) is 42.0 Å². The third-order valence-electron chi connectivity index (χ3n) is 4.46. The molecule has 21 heavy (non-hydrogen) atoms. The van der Waals surface area contributed by atoms with Crippen LogP contribution in [0.1, 0.15) is 70.3 Å². The van der Waals surface area contributed by atoms with E-state index in [0.29, 0.717) is 5.78 Å². The van der Waals surface area contributed by atoms with Crippen molar-refractivity contribution in [1.29, 1.82) is 0 Å². The highest BCUT2D eigenvalue weighted by atomic mass is 16.1. The number of allylic oxidation sites excluding steroid dienone is 2. The summed E-state index contributed by atoms with van der Waals surface area (Å²) in [4.78, 5) is 12.6. The van der Waals surface area contributed by atoms with Crippen molar-refractivity contribution >= 4 is 11.4 Å². The summed E-state index contributed by atoms with van der Waals surface area (Å²) in [6, 6.07) is 10.4. The number of benzene rings is 1. The van der Waals surface area contributed by atoms with Crippen molar-refractivity contribution in [2.24, 2.45) is 5.92 Å². The maximum absolute atomic E-state index is 12.6. The second kappa shape index (κ2) is 8.81. The van der Waals surface area contributed by atoms with E-state index in [-0.39, 0.29) is 5.92 Å². The topological polar surface area (TPSA) is 17.1 Å². The van der Waals surface area contributed by atoms with Crippen LogP contribution in [0.5, 0.6) is 0 Å². The monoisotopic (exact) mass is 284 g/mol. The molecule has 1 aliphatic carbocycles. The largest absolute Gasteiger partial charge is 0.299 e. The molecule has 0 heterocycles. The molecule has 0 spiro atoms. The molecule has 0 bridgehead atoms. The summed E-state index contributed by atoms with van der Waals surface area (Å²) in [7, 11) is 0. The van der Waals surface area contributed by atoms with Crippen molar-refractivity contribution in [1.82, 2.24) is 0 Å². The molecule has 1 aromatic carbocycles. The van der Waals surface area contributed by atoms with Crippen molar-refractivity contribution in [2.45, 2.75) is 64.7 Å². The average molecular weight is 284 g/mol. The average Bonchev–Trinajstić information content (AvgIpc) is 2.55. The van der Waals surface area contributed by atoms with E-state index in [0.717, 1.165) is 32.1 Å². The first kappa shape index (κ1) is 16.0. The van der Waals surface area contributed by atoms with Crippen molar-refractivity contribution in [2.75, 3.05) is 0 Å². The number of hydrogen-bond acceptors (Lipinski definition) is 1. The fourth-order valence-electron chi connectivity index (χ4n) is 3.24. The molecule has 1 nitrogen and oxygen atoms in total. The molecule has 0 fully saturated rings. The number of hydrogen-bond donors (Lipinski definition) is 0. The maximum atomic E-state index is 12.6. The number of ketones is 1. The fourth-order valence-corrected chi connectivity index (χ4v) is 3.24. The van der Waals surface area contributed by atoms with Crippen LogP contribution in [0, 0.1) is 5.92 Å². The summed E-state index contributed by atoms with van der Waals surface area (Å²) in [5.41, 5.74) is 2.52. The Hall–Kier alpha value is -1.37. The van der Waals surface area contributed by atoms with Gasteiger partial charge in [0, 0.05) is 12.3 Å². The minimum atomic E-state index is 0.146. The molecular formula is C20H28O. The van der Waals surface area contributed by atoms with Crippen molar-refractivity contribution < 1.29 is 4.79 Å². The van der Waals surface area contributed by atoms with Crippen LogP contribution in [0.15, 0.2) is 36.4 Å². The van der Waals surface area contributed by atoms with Gasteiger partial charge in [-0.15, -0.1) is 0 Å². The number of rotatable bonds is 8. The highest BCUT2D eigenvalue weighted by Crippen LogP contribution is 2.34. The third-order valence-corrected chi connectivity index (χ3v) is 4.46. The van der Waals surface area contributed by atoms with E-state index in [4.69, 9.17) is 0 Å². The molecule has 0 N–H and O–H groups in total. The molecule has 0 aromatic heterocycles. The number of unbranched alkanes of at least 4 members (excludes halogenated alkanes) is 4. The van der Waals surface area contributed by atoms with E-state index in [1.165, 1.54) is 36.8 Å². The minimum Gasteiger partial charge on any atom is -0.299 e. The number of carbonyl (C=O) groups excluding carboxylic acids is 1. The Morgan fingerprint density at radius 2 is 1.86 bits per heavy atom. The Bertz CT molecular complexity index is 458. The van der Waals surface area contributed by atoms with E-state index in [9.17, 15) is 4.79 Å².